The minimum Gasteiger partial charge on any atom is -0.497 e. The summed E-state index contributed by atoms with van der Waals surface area (Å²) in [5, 5.41) is 0. The van der Waals surface area contributed by atoms with Gasteiger partial charge in [0.15, 0.2) is 0 Å². The molecule has 0 aromatic heterocycles. The molecule has 4 rings (SSSR count). The summed E-state index contributed by atoms with van der Waals surface area (Å²) >= 11 is 0. The number of methoxy groups -OCH3 is 1. The van der Waals surface area contributed by atoms with Crippen LogP contribution in [0.15, 0.2) is 65.9 Å². The van der Waals surface area contributed by atoms with Crippen molar-refractivity contribution in [1.82, 2.24) is 4.90 Å². The Hall–Kier alpha value is -3.81. The van der Waals surface area contributed by atoms with Crippen molar-refractivity contribution in [3.8, 4) is 5.75 Å². The topological polar surface area (TPSA) is 91.4 Å². The zero-order chi connectivity index (χ0) is 25.1. The smallest absolute Gasteiger partial charge is 0.417 e. The van der Waals surface area contributed by atoms with Crippen LogP contribution in [0.3, 0.4) is 0 Å². The summed E-state index contributed by atoms with van der Waals surface area (Å²) in [5.74, 6) is -1.33. The number of allylic oxidation sites excluding steroid dienone is 1. The van der Waals surface area contributed by atoms with Gasteiger partial charge in [0.2, 0.25) is 5.91 Å². The third-order valence-corrected chi connectivity index (χ3v) is 6.08. The van der Waals surface area contributed by atoms with E-state index in [0.29, 0.717) is 23.5 Å². The molecule has 2 amide bonds. The maximum absolute atomic E-state index is 14.0. The first kappa shape index (κ1) is 24.3. The number of rotatable bonds is 7. The first-order valence-corrected chi connectivity index (χ1v) is 11.6. The summed E-state index contributed by atoms with van der Waals surface area (Å²) in [6.45, 7) is 5.17. The molecule has 8 heteroatoms. The van der Waals surface area contributed by atoms with Gasteiger partial charge in [0.1, 0.15) is 30.1 Å². The van der Waals surface area contributed by atoms with E-state index >= 15 is 0 Å². The van der Waals surface area contributed by atoms with E-state index in [9.17, 15) is 14.4 Å². The summed E-state index contributed by atoms with van der Waals surface area (Å²) < 4.78 is 22.0. The normalized spacial score (nSPS) is 21.7. The fraction of sp³-hybridized carbons (Fsp3) is 0.370. The van der Waals surface area contributed by atoms with E-state index in [4.69, 9.17) is 18.9 Å². The second-order valence-corrected chi connectivity index (χ2v) is 8.84. The highest BCUT2D eigenvalue weighted by atomic mass is 16.6. The molecule has 0 N–H and O–H groups in total. The Kier molecular flexibility index (Phi) is 7.10. The van der Waals surface area contributed by atoms with Gasteiger partial charge in [0.05, 0.1) is 24.8 Å². The Balaban J connectivity index is 1.70. The van der Waals surface area contributed by atoms with Crippen LogP contribution in [0.2, 0.25) is 0 Å². The lowest BCUT2D eigenvalue weighted by molar-refractivity contribution is -0.146. The Labute approximate surface area is 204 Å². The zero-order valence-electron chi connectivity index (χ0n) is 20.2. The van der Waals surface area contributed by atoms with Gasteiger partial charge in [-0.3, -0.25) is 4.79 Å². The lowest BCUT2D eigenvalue weighted by Gasteiger charge is -2.27. The largest absolute Gasteiger partial charge is 0.497 e. The van der Waals surface area contributed by atoms with Gasteiger partial charge in [0.25, 0.3) is 0 Å². The van der Waals surface area contributed by atoms with Gasteiger partial charge in [-0.25, -0.2) is 14.5 Å². The molecule has 2 aromatic carbocycles. The summed E-state index contributed by atoms with van der Waals surface area (Å²) in [7, 11) is 1.56. The highest BCUT2D eigenvalue weighted by Gasteiger charge is 2.51. The Morgan fingerprint density at radius 2 is 1.77 bits per heavy atom. The number of benzene rings is 2. The lowest BCUT2D eigenvalue weighted by Crippen LogP contribution is -2.45. The van der Waals surface area contributed by atoms with Crippen molar-refractivity contribution in [3.05, 3.63) is 77.1 Å². The maximum Gasteiger partial charge on any atom is 0.417 e. The third kappa shape index (κ3) is 5.01. The maximum atomic E-state index is 14.0. The molecule has 1 fully saturated rings. The fourth-order valence-electron chi connectivity index (χ4n) is 4.46. The van der Waals surface area contributed by atoms with E-state index in [1.54, 1.807) is 52.1 Å². The average Bonchev–Trinajstić information content (AvgIpc) is 3.38. The minimum absolute atomic E-state index is 0.0781. The summed E-state index contributed by atoms with van der Waals surface area (Å²) in [6.07, 6.45) is -1.49. The number of hydrogen-bond donors (Lipinski definition) is 0. The molecule has 2 heterocycles. The van der Waals surface area contributed by atoms with E-state index in [1.807, 2.05) is 30.3 Å². The number of carbonyl (C=O) groups excluding carboxylic acids is 3. The van der Waals surface area contributed by atoms with Crippen LogP contribution in [-0.2, 0) is 30.2 Å². The number of amides is 2. The van der Waals surface area contributed by atoms with Crippen LogP contribution in [0.5, 0.6) is 5.75 Å². The number of nitrogens with zero attached hydrogens (tertiary/aromatic N) is 1. The molecule has 0 saturated carbocycles. The van der Waals surface area contributed by atoms with E-state index in [0.717, 1.165) is 10.5 Å². The molecule has 184 valence electrons. The standard InChI is InChI=1S/C27H29NO7/c1-16(2)34-26(30)22-17(3)35-24(19-10-12-21(32-4)13-11-19)23(22)25(29)28-20(15-33-27(28)31)14-18-8-6-5-7-9-18/h5-13,16,20,23-24H,14-15H2,1-4H3/t20-,23-,24+/m0/s1. The molecule has 3 atom stereocenters. The van der Waals surface area contributed by atoms with Crippen LogP contribution in [0, 0.1) is 5.92 Å². The van der Waals surface area contributed by atoms with Crippen LogP contribution in [0.1, 0.15) is 38.0 Å². The van der Waals surface area contributed by atoms with Crippen molar-refractivity contribution in [3.63, 3.8) is 0 Å². The molecule has 0 unspecified atom stereocenters. The van der Waals surface area contributed by atoms with Crippen molar-refractivity contribution >= 4 is 18.0 Å². The van der Waals surface area contributed by atoms with Crippen molar-refractivity contribution in [2.24, 2.45) is 5.92 Å². The second-order valence-electron chi connectivity index (χ2n) is 8.84. The predicted molar refractivity (Wildman–Crippen MR) is 126 cm³/mol. The molecule has 8 nitrogen and oxygen atoms in total. The first-order valence-electron chi connectivity index (χ1n) is 11.6. The molecule has 0 spiro atoms. The molecule has 0 bridgehead atoms. The number of cyclic esters (lactones) is 1. The third-order valence-electron chi connectivity index (χ3n) is 6.08. The fourth-order valence-corrected chi connectivity index (χ4v) is 4.46. The quantitative estimate of drug-likeness (QED) is 0.550. The Bertz CT molecular complexity index is 1120. The molecule has 2 aromatic rings. The van der Waals surface area contributed by atoms with E-state index in [1.165, 1.54) is 0 Å². The lowest BCUT2D eigenvalue weighted by atomic mass is 9.88. The average molecular weight is 480 g/mol. The van der Waals surface area contributed by atoms with Gasteiger partial charge in [-0.2, -0.15) is 0 Å². The molecule has 1 saturated heterocycles. The Morgan fingerprint density at radius 3 is 2.40 bits per heavy atom. The molecule has 2 aliphatic heterocycles. The van der Waals surface area contributed by atoms with Crippen LogP contribution in [-0.4, -0.2) is 48.7 Å². The van der Waals surface area contributed by atoms with Crippen LogP contribution in [0.4, 0.5) is 4.79 Å². The monoisotopic (exact) mass is 479 g/mol. The molecular weight excluding hydrogens is 450 g/mol. The zero-order valence-corrected chi connectivity index (χ0v) is 20.2. The van der Waals surface area contributed by atoms with E-state index in [2.05, 4.69) is 0 Å². The highest BCUT2D eigenvalue weighted by Crippen LogP contribution is 2.44. The van der Waals surface area contributed by atoms with Gasteiger partial charge in [-0.1, -0.05) is 42.5 Å². The van der Waals surface area contributed by atoms with Crippen molar-refractivity contribution < 1.29 is 33.3 Å². The van der Waals surface area contributed by atoms with Gasteiger partial charge >= 0.3 is 12.1 Å². The molecule has 0 aliphatic carbocycles. The summed E-state index contributed by atoms with van der Waals surface area (Å²) in [6, 6.07) is 16.1. The van der Waals surface area contributed by atoms with Gasteiger partial charge in [0, 0.05) is 0 Å². The van der Waals surface area contributed by atoms with Crippen molar-refractivity contribution in [1.29, 1.82) is 0 Å². The number of imide groups is 1. The second kappa shape index (κ2) is 10.2. The highest BCUT2D eigenvalue weighted by molar-refractivity contribution is 6.03. The molecule has 2 aliphatic rings. The number of hydrogen-bond acceptors (Lipinski definition) is 7. The van der Waals surface area contributed by atoms with Gasteiger partial charge in [-0.15, -0.1) is 0 Å². The molecular formula is C27H29NO7. The predicted octanol–water partition coefficient (Wildman–Crippen LogP) is 4.20. The number of ether oxygens (including phenoxy) is 4. The van der Waals surface area contributed by atoms with Gasteiger partial charge < -0.3 is 18.9 Å². The SMILES string of the molecule is COc1ccc([C@H]2OC(C)=C(C(=O)OC(C)C)[C@@H]2C(=O)N2C(=O)OC[C@@H]2Cc2ccccc2)cc1. The molecule has 0 radical (unpaired) electrons. The van der Waals surface area contributed by atoms with Crippen LogP contribution in [0.25, 0.3) is 0 Å². The van der Waals surface area contributed by atoms with E-state index in [-0.39, 0.29) is 18.3 Å². The first-order chi connectivity index (χ1) is 16.8. The van der Waals surface area contributed by atoms with Gasteiger partial charge in [-0.05, 0) is 50.5 Å². The van der Waals surface area contributed by atoms with Crippen molar-refractivity contribution in [2.75, 3.05) is 13.7 Å². The van der Waals surface area contributed by atoms with E-state index < -0.39 is 36.0 Å². The number of esters is 1. The minimum atomic E-state index is -1.07. The van der Waals surface area contributed by atoms with Crippen molar-refractivity contribution in [2.45, 2.75) is 45.4 Å². The number of carbonyl (C=O) groups is 3. The summed E-state index contributed by atoms with van der Waals surface area (Å²) in [4.78, 5) is 40.9. The van der Waals surface area contributed by atoms with Crippen LogP contribution >= 0.6 is 0 Å². The summed E-state index contributed by atoms with van der Waals surface area (Å²) in [5.41, 5.74) is 1.75. The molecule has 35 heavy (non-hydrogen) atoms. The Morgan fingerprint density at radius 1 is 1.09 bits per heavy atom. The van der Waals surface area contributed by atoms with Crippen LogP contribution < -0.4 is 4.74 Å².